The number of methoxy groups -OCH3 is 1. The van der Waals surface area contributed by atoms with Crippen molar-refractivity contribution in [2.75, 3.05) is 33.0 Å². The van der Waals surface area contributed by atoms with Crippen molar-refractivity contribution < 1.29 is 9.47 Å². The number of ether oxygens (including phenoxy) is 2. The van der Waals surface area contributed by atoms with E-state index in [1.165, 1.54) is 20.0 Å². The molecule has 7 nitrogen and oxygen atoms in total. The van der Waals surface area contributed by atoms with Crippen LogP contribution >= 0.6 is 0 Å². The molecule has 1 atom stereocenters. The average Bonchev–Trinajstić information content (AvgIpc) is 2.74. The molecule has 100 valence electrons. The van der Waals surface area contributed by atoms with Gasteiger partial charge in [-0.1, -0.05) is 0 Å². The van der Waals surface area contributed by atoms with Gasteiger partial charge in [-0.2, -0.15) is 9.97 Å². The molecule has 1 saturated heterocycles. The summed E-state index contributed by atoms with van der Waals surface area (Å²) in [6.45, 7) is 1.73. The summed E-state index contributed by atoms with van der Waals surface area (Å²) in [6, 6.07) is 0.988. The zero-order valence-electron chi connectivity index (χ0n) is 10.8. The summed E-state index contributed by atoms with van der Waals surface area (Å²) in [5.74, 6) is 0.106. The highest BCUT2D eigenvalue weighted by Gasteiger charge is 2.20. The smallest absolute Gasteiger partial charge is 0.324 e. The molecular weight excluding hydrogens is 234 g/mol. The third-order valence-corrected chi connectivity index (χ3v) is 3.15. The number of hydrogen-bond donors (Lipinski definition) is 1. The minimum Gasteiger partial charge on any atom is -0.467 e. The van der Waals surface area contributed by atoms with Crippen molar-refractivity contribution in [3.8, 4) is 12.0 Å². The molecule has 0 saturated carbocycles. The first-order valence-corrected chi connectivity index (χ1v) is 6.07. The fourth-order valence-electron chi connectivity index (χ4n) is 2.14. The molecule has 1 aliphatic rings. The molecule has 1 aromatic heterocycles. The number of nitrogen functional groups attached to an aromatic ring is 1. The van der Waals surface area contributed by atoms with Crippen molar-refractivity contribution >= 4 is 5.95 Å². The van der Waals surface area contributed by atoms with Crippen molar-refractivity contribution in [2.24, 2.45) is 0 Å². The minimum atomic E-state index is 0.106. The number of likely N-dealkylation sites (tertiary alicyclic amines) is 1. The third kappa shape index (κ3) is 3.19. The summed E-state index contributed by atoms with van der Waals surface area (Å²) in [6.07, 6.45) is 3.45. The highest BCUT2D eigenvalue weighted by Crippen LogP contribution is 2.18. The molecule has 0 spiro atoms. The summed E-state index contributed by atoms with van der Waals surface area (Å²) >= 11 is 0. The Morgan fingerprint density at radius 2 is 2.11 bits per heavy atom. The third-order valence-electron chi connectivity index (χ3n) is 3.15. The zero-order chi connectivity index (χ0) is 13.0. The van der Waals surface area contributed by atoms with Crippen molar-refractivity contribution in [1.82, 2.24) is 19.9 Å². The van der Waals surface area contributed by atoms with Gasteiger partial charge in [-0.3, -0.25) is 0 Å². The van der Waals surface area contributed by atoms with Gasteiger partial charge in [0.05, 0.1) is 13.7 Å². The van der Waals surface area contributed by atoms with Crippen molar-refractivity contribution in [1.29, 1.82) is 0 Å². The lowest BCUT2D eigenvalue weighted by Gasteiger charge is -2.18. The molecule has 1 aliphatic heterocycles. The first kappa shape index (κ1) is 12.8. The van der Waals surface area contributed by atoms with E-state index in [4.69, 9.17) is 15.2 Å². The van der Waals surface area contributed by atoms with Crippen molar-refractivity contribution in [3.63, 3.8) is 0 Å². The Morgan fingerprint density at radius 3 is 2.78 bits per heavy atom. The van der Waals surface area contributed by atoms with E-state index in [-0.39, 0.29) is 18.0 Å². The SMILES string of the molecule is COc1nc(N)nc(OCCC2CCCN2C)n1. The molecule has 0 amide bonds. The van der Waals surface area contributed by atoms with Gasteiger partial charge in [0.15, 0.2) is 0 Å². The lowest BCUT2D eigenvalue weighted by Crippen LogP contribution is -2.26. The van der Waals surface area contributed by atoms with Gasteiger partial charge >= 0.3 is 12.0 Å². The van der Waals surface area contributed by atoms with E-state index in [1.807, 2.05) is 0 Å². The van der Waals surface area contributed by atoms with Gasteiger partial charge in [0, 0.05) is 6.04 Å². The molecule has 2 heterocycles. The lowest BCUT2D eigenvalue weighted by molar-refractivity contribution is 0.220. The van der Waals surface area contributed by atoms with E-state index < -0.39 is 0 Å². The van der Waals surface area contributed by atoms with Crippen molar-refractivity contribution in [3.05, 3.63) is 0 Å². The molecule has 0 bridgehead atoms. The van der Waals surface area contributed by atoms with Gasteiger partial charge in [0.1, 0.15) is 0 Å². The number of rotatable bonds is 5. The van der Waals surface area contributed by atoms with Crippen LogP contribution in [-0.4, -0.2) is 53.2 Å². The predicted octanol–water partition coefficient (Wildman–Crippen LogP) is 0.325. The van der Waals surface area contributed by atoms with Crippen LogP contribution in [-0.2, 0) is 0 Å². The van der Waals surface area contributed by atoms with Crippen LogP contribution < -0.4 is 15.2 Å². The molecule has 1 unspecified atom stereocenters. The second-order valence-electron chi connectivity index (χ2n) is 4.38. The number of hydrogen-bond acceptors (Lipinski definition) is 7. The van der Waals surface area contributed by atoms with Gasteiger partial charge in [-0.05, 0) is 32.9 Å². The Balaban J connectivity index is 1.84. The van der Waals surface area contributed by atoms with E-state index in [0.29, 0.717) is 12.6 Å². The van der Waals surface area contributed by atoms with Gasteiger partial charge < -0.3 is 20.1 Å². The number of aromatic nitrogens is 3. The maximum atomic E-state index is 5.52. The topological polar surface area (TPSA) is 86.4 Å². The molecule has 18 heavy (non-hydrogen) atoms. The maximum absolute atomic E-state index is 5.52. The summed E-state index contributed by atoms with van der Waals surface area (Å²) in [5.41, 5.74) is 5.52. The molecule has 2 rings (SSSR count). The molecule has 1 fully saturated rings. The van der Waals surface area contributed by atoms with Crippen molar-refractivity contribution in [2.45, 2.75) is 25.3 Å². The number of anilines is 1. The first-order valence-electron chi connectivity index (χ1n) is 6.07. The Kier molecular flexibility index (Phi) is 4.14. The van der Waals surface area contributed by atoms with Gasteiger partial charge in [0.25, 0.3) is 0 Å². The van der Waals surface area contributed by atoms with E-state index in [2.05, 4.69) is 26.9 Å². The van der Waals surface area contributed by atoms with E-state index in [1.54, 1.807) is 0 Å². The molecule has 0 radical (unpaired) electrons. The minimum absolute atomic E-state index is 0.106. The molecule has 0 aliphatic carbocycles. The standard InChI is InChI=1S/C11H19N5O2/c1-16-6-3-4-8(16)5-7-18-11-14-9(12)13-10(15-11)17-2/h8H,3-7H2,1-2H3,(H2,12,13,14,15). The second-order valence-corrected chi connectivity index (χ2v) is 4.38. The Labute approximate surface area is 106 Å². The van der Waals surface area contributed by atoms with Gasteiger partial charge in [-0.25, -0.2) is 0 Å². The first-order chi connectivity index (χ1) is 8.69. The highest BCUT2D eigenvalue weighted by atomic mass is 16.5. The molecule has 1 aromatic rings. The van der Waals surface area contributed by atoms with Crippen LogP contribution in [0.2, 0.25) is 0 Å². The fraction of sp³-hybridized carbons (Fsp3) is 0.727. The van der Waals surface area contributed by atoms with E-state index in [0.717, 1.165) is 13.0 Å². The normalized spacial score (nSPS) is 20.0. The fourth-order valence-corrected chi connectivity index (χ4v) is 2.14. The van der Waals surface area contributed by atoms with Crippen LogP contribution in [0.1, 0.15) is 19.3 Å². The summed E-state index contributed by atoms with van der Waals surface area (Å²) < 4.78 is 10.4. The molecule has 2 N–H and O–H groups in total. The second kappa shape index (κ2) is 5.81. The molecule has 0 aromatic carbocycles. The highest BCUT2D eigenvalue weighted by molar-refractivity contribution is 5.20. The van der Waals surface area contributed by atoms with Crippen LogP contribution in [0.3, 0.4) is 0 Å². The number of nitrogens with zero attached hydrogens (tertiary/aromatic N) is 4. The summed E-state index contributed by atoms with van der Waals surface area (Å²) in [7, 11) is 3.62. The van der Waals surface area contributed by atoms with Crippen LogP contribution in [0.5, 0.6) is 12.0 Å². The van der Waals surface area contributed by atoms with E-state index in [9.17, 15) is 0 Å². The Bertz CT molecular complexity index is 401. The maximum Gasteiger partial charge on any atom is 0.324 e. The molecule has 7 heteroatoms. The Morgan fingerprint density at radius 1 is 1.33 bits per heavy atom. The van der Waals surface area contributed by atoms with E-state index >= 15 is 0 Å². The summed E-state index contributed by atoms with van der Waals surface area (Å²) in [4.78, 5) is 14.0. The average molecular weight is 253 g/mol. The van der Waals surface area contributed by atoms with Gasteiger partial charge in [0.2, 0.25) is 5.95 Å². The van der Waals surface area contributed by atoms with Gasteiger partial charge in [-0.15, -0.1) is 4.98 Å². The predicted molar refractivity (Wildman–Crippen MR) is 66.6 cm³/mol. The lowest BCUT2D eigenvalue weighted by atomic mass is 10.2. The number of nitrogens with two attached hydrogens (primary N) is 1. The van der Waals surface area contributed by atoms with Crippen LogP contribution in [0.4, 0.5) is 5.95 Å². The van der Waals surface area contributed by atoms with Crippen LogP contribution in [0, 0.1) is 0 Å². The quantitative estimate of drug-likeness (QED) is 0.808. The molecular formula is C11H19N5O2. The summed E-state index contributed by atoms with van der Waals surface area (Å²) in [5, 5.41) is 0. The largest absolute Gasteiger partial charge is 0.467 e. The Hall–Kier alpha value is -1.63. The monoisotopic (exact) mass is 253 g/mol. The van der Waals surface area contributed by atoms with Crippen LogP contribution in [0.15, 0.2) is 0 Å². The zero-order valence-corrected chi connectivity index (χ0v) is 10.8. The van der Waals surface area contributed by atoms with Crippen LogP contribution in [0.25, 0.3) is 0 Å².